The number of hydrogen-bond donors (Lipinski definition) is 2. The first kappa shape index (κ1) is 12.8. The average Bonchev–Trinajstić information content (AvgIpc) is 2.15. The molecule has 1 aromatic carbocycles. The van der Waals surface area contributed by atoms with Crippen LogP contribution >= 0.6 is 0 Å². The van der Waals surface area contributed by atoms with Gasteiger partial charge < -0.3 is 9.84 Å². The van der Waals surface area contributed by atoms with Gasteiger partial charge in [-0.2, -0.15) is 8.42 Å². The Morgan fingerprint density at radius 2 is 1.88 bits per heavy atom. The van der Waals surface area contributed by atoms with Crippen LogP contribution in [0, 0.1) is 0 Å². The average molecular weight is 246 g/mol. The fourth-order valence-corrected chi connectivity index (χ4v) is 1.88. The topological polar surface area (TPSA) is 83.8 Å². The minimum Gasteiger partial charge on any atom is -0.504 e. The predicted octanol–water partition coefficient (Wildman–Crippen LogP) is 1.77. The van der Waals surface area contributed by atoms with Gasteiger partial charge in [-0.05, 0) is 12.0 Å². The maximum Gasteiger partial charge on any atom is 0.294 e. The molecule has 0 fully saturated rings. The fraction of sp³-hybridized carbons (Fsp3) is 0.400. The van der Waals surface area contributed by atoms with Crippen LogP contribution in [-0.2, 0) is 10.1 Å². The van der Waals surface area contributed by atoms with Crippen LogP contribution in [0.1, 0.15) is 25.3 Å². The van der Waals surface area contributed by atoms with Crippen molar-refractivity contribution in [1.29, 1.82) is 0 Å². The van der Waals surface area contributed by atoms with Crippen molar-refractivity contribution >= 4 is 10.1 Å². The lowest BCUT2D eigenvalue weighted by molar-refractivity contribution is 0.367. The molecule has 16 heavy (non-hydrogen) atoms. The number of ether oxygens (including phenoxy) is 1. The van der Waals surface area contributed by atoms with Crippen molar-refractivity contribution in [3.8, 4) is 11.5 Å². The fourth-order valence-electron chi connectivity index (χ4n) is 1.35. The van der Waals surface area contributed by atoms with Gasteiger partial charge in [-0.1, -0.05) is 13.8 Å². The van der Waals surface area contributed by atoms with Crippen molar-refractivity contribution in [3.05, 3.63) is 17.7 Å². The number of hydrogen-bond acceptors (Lipinski definition) is 4. The van der Waals surface area contributed by atoms with E-state index in [9.17, 15) is 13.5 Å². The molecule has 0 aromatic heterocycles. The van der Waals surface area contributed by atoms with Gasteiger partial charge in [0.25, 0.3) is 10.1 Å². The van der Waals surface area contributed by atoms with E-state index in [2.05, 4.69) is 0 Å². The van der Waals surface area contributed by atoms with Gasteiger partial charge in [0.15, 0.2) is 11.5 Å². The summed E-state index contributed by atoms with van der Waals surface area (Å²) in [5, 5.41) is 9.75. The van der Waals surface area contributed by atoms with Crippen molar-refractivity contribution < 1.29 is 22.8 Å². The summed E-state index contributed by atoms with van der Waals surface area (Å²) in [6.07, 6.45) is 0. The van der Waals surface area contributed by atoms with Crippen LogP contribution in [0.15, 0.2) is 17.0 Å². The maximum absolute atomic E-state index is 11.0. The van der Waals surface area contributed by atoms with E-state index in [4.69, 9.17) is 9.29 Å². The van der Waals surface area contributed by atoms with Gasteiger partial charge in [0.2, 0.25) is 0 Å². The lowest BCUT2D eigenvalue weighted by atomic mass is 10.0. The number of methoxy groups -OCH3 is 1. The van der Waals surface area contributed by atoms with Crippen molar-refractivity contribution in [2.75, 3.05) is 7.11 Å². The molecule has 0 amide bonds. The normalized spacial score (nSPS) is 11.8. The predicted molar refractivity (Wildman–Crippen MR) is 58.6 cm³/mol. The molecule has 0 atom stereocenters. The molecule has 0 unspecified atom stereocenters. The minimum atomic E-state index is -4.30. The summed E-state index contributed by atoms with van der Waals surface area (Å²) < 4.78 is 35.8. The van der Waals surface area contributed by atoms with E-state index in [1.807, 2.05) is 0 Å². The highest BCUT2D eigenvalue weighted by molar-refractivity contribution is 7.85. The smallest absolute Gasteiger partial charge is 0.294 e. The SMILES string of the molecule is COc1cc(S(=O)(=O)O)cc(C(C)C)c1O. The van der Waals surface area contributed by atoms with Crippen molar-refractivity contribution in [1.82, 2.24) is 0 Å². The van der Waals surface area contributed by atoms with E-state index in [0.717, 1.165) is 6.07 Å². The molecule has 1 aromatic rings. The summed E-state index contributed by atoms with van der Waals surface area (Å²) in [6.45, 7) is 3.59. The Balaban J connectivity index is 3.53. The highest BCUT2D eigenvalue weighted by atomic mass is 32.2. The first-order valence-electron chi connectivity index (χ1n) is 4.65. The molecule has 0 aliphatic carbocycles. The number of rotatable bonds is 3. The summed E-state index contributed by atoms with van der Waals surface area (Å²) in [7, 11) is -2.99. The summed E-state index contributed by atoms with van der Waals surface area (Å²) in [6, 6.07) is 2.31. The molecule has 0 heterocycles. The number of aromatic hydroxyl groups is 1. The third kappa shape index (κ3) is 2.45. The zero-order valence-corrected chi connectivity index (χ0v) is 10.1. The standard InChI is InChI=1S/C10H14O5S/c1-6(2)8-4-7(16(12,13)14)5-9(15-3)10(8)11/h4-6,11H,1-3H3,(H,12,13,14). The summed E-state index contributed by atoms with van der Waals surface area (Å²) in [5.74, 6) is -0.167. The van der Waals surface area contributed by atoms with Crippen LogP contribution in [0.25, 0.3) is 0 Å². The van der Waals surface area contributed by atoms with Gasteiger partial charge in [0, 0.05) is 11.6 Å². The molecule has 1 rings (SSSR count). The Kier molecular flexibility index (Phi) is 3.44. The first-order valence-corrected chi connectivity index (χ1v) is 6.09. The van der Waals surface area contributed by atoms with Crippen LogP contribution < -0.4 is 4.74 Å². The molecule has 6 heteroatoms. The summed E-state index contributed by atoms with van der Waals surface area (Å²) in [4.78, 5) is -0.286. The van der Waals surface area contributed by atoms with Gasteiger partial charge >= 0.3 is 0 Å². The Hall–Kier alpha value is -1.27. The first-order chi connectivity index (χ1) is 7.27. The molecule has 0 bridgehead atoms. The van der Waals surface area contributed by atoms with Gasteiger partial charge in [-0.25, -0.2) is 0 Å². The maximum atomic E-state index is 11.0. The van der Waals surface area contributed by atoms with Gasteiger partial charge in [-0.15, -0.1) is 0 Å². The van der Waals surface area contributed by atoms with Crippen molar-refractivity contribution in [3.63, 3.8) is 0 Å². The number of phenols is 1. The van der Waals surface area contributed by atoms with Crippen LogP contribution in [0.2, 0.25) is 0 Å². The molecule has 5 nitrogen and oxygen atoms in total. The molecule has 0 saturated heterocycles. The van der Waals surface area contributed by atoms with Gasteiger partial charge in [0.1, 0.15) is 0 Å². The lowest BCUT2D eigenvalue weighted by Gasteiger charge is -2.13. The summed E-state index contributed by atoms with van der Waals surface area (Å²) >= 11 is 0. The zero-order chi connectivity index (χ0) is 12.5. The van der Waals surface area contributed by atoms with E-state index < -0.39 is 10.1 Å². The van der Waals surface area contributed by atoms with Crippen molar-refractivity contribution in [2.45, 2.75) is 24.7 Å². The van der Waals surface area contributed by atoms with Gasteiger partial charge in [-0.3, -0.25) is 4.55 Å². The quantitative estimate of drug-likeness (QED) is 0.794. The Morgan fingerprint density at radius 1 is 1.31 bits per heavy atom. The van der Waals surface area contributed by atoms with Crippen LogP contribution in [0.4, 0.5) is 0 Å². The Bertz CT molecular complexity index is 490. The molecular weight excluding hydrogens is 232 g/mol. The van der Waals surface area contributed by atoms with E-state index in [1.165, 1.54) is 13.2 Å². The second-order valence-electron chi connectivity index (χ2n) is 3.69. The van der Waals surface area contributed by atoms with E-state index >= 15 is 0 Å². The van der Waals surface area contributed by atoms with E-state index in [1.54, 1.807) is 13.8 Å². The molecule has 90 valence electrons. The molecule has 0 aliphatic rings. The highest BCUT2D eigenvalue weighted by Crippen LogP contribution is 2.36. The number of phenolic OH excluding ortho intramolecular Hbond substituents is 1. The molecule has 2 N–H and O–H groups in total. The highest BCUT2D eigenvalue weighted by Gasteiger charge is 2.18. The van der Waals surface area contributed by atoms with Crippen LogP contribution in [-0.4, -0.2) is 25.2 Å². The molecule has 0 aliphatic heterocycles. The van der Waals surface area contributed by atoms with Crippen molar-refractivity contribution in [2.24, 2.45) is 0 Å². The third-order valence-electron chi connectivity index (χ3n) is 2.22. The number of benzene rings is 1. The van der Waals surface area contributed by atoms with Crippen LogP contribution in [0.3, 0.4) is 0 Å². The summed E-state index contributed by atoms with van der Waals surface area (Å²) in [5.41, 5.74) is 0.409. The third-order valence-corrected chi connectivity index (χ3v) is 3.05. The second-order valence-corrected chi connectivity index (χ2v) is 5.11. The van der Waals surface area contributed by atoms with Gasteiger partial charge in [0.05, 0.1) is 12.0 Å². The monoisotopic (exact) mass is 246 g/mol. The Morgan fingerprint density at radius 3 is 2.25 bits per heavy atom. The molecule has 0 saturated carbocycles. The Labute approximate surface area is 94.4 Å². The lowest BCUT2D eigenvalue weighted by Crippen LogP contribution is -2.01. The molecule has 0 spiro atoms. The molecule has 0 radical (unpaired) electrons. The van der Waals surface area contributed by atoms with E-state index in [-0.39, 0.29) is 22.3 Å². The zero-order valence-electron chi connectivity index (χ0n) is 9.26. The van der Waals surface area contributed by atoms with E-state index in [0.29, 0.717) is 5.56 Å². The minimum absolute atomic E-state index is 0.0267. The second kappa shape index (κ2) is 4.31. The largest absolute Gasteiger partial charge is 0.504 e. The van der Waals surface area contributed by atoms with Crippen LogP contribution in [0.5, 0.6) is 11.5 Å². The molecular formula is C10H14O5S.